The Bertz CT molecular complexity index is 1380. The summed E-state index contributed by atoms with van der Waals surface area (Å²) in [5.41, 5.74) is 8.85. The number of nitrogens with two attached hydrogens (primary N) is 1. The molecule has 1 aromatic carbocycles. The molecule has 0 bridgehead atoms. The molecule has 0 saturated heterocycles. The van der Waals surface area contributed by atoms with Crippen molar-refractivity contribution in [1.82, 2.24) is 9.97 Å². The predicted molar refractivity (Wildman–Crippen MR) is 127 cm³/mol. The molecular formula is C24H25N5O6. The van der Waals surface area contributed by atoms with E-state index in [1.165, 1.54) is 5.01 Å². The third kappa shape index (κ3) is 4.70. The van der Waals surface area contributed by atoms with Crippen molar-refractivity contribution in [3.63, 3.8) is 0 Å². The van der Waals surface area contributed by atoms with Crippen LogP contribution in [0.1, 0.15) is 52.8 Å². The van der Waals surface area contributed by atoms with Crippen LogP contribution in [0.15, 0.2) is 27.7 Å². The zero-order valence-electron chi connectivity index (χ0n) is 19.9. The van der Waals surface area contributed by atoms with E-state index in [9.17, 15) is 14.4 Å². The van der Waals surface area contributed by atoms with E-state index in [4.69, 9.17) is 19.6 Å². The van der Waals surface area contributed by atoms with Gasteiger partial charge in [0.2, 0.25) is 11.6 Å². The maximum Gasteiger partial charge on any atom is 0.354 e. The molecule has 182 valence electrons. The third-order valence-corrected chi connectivity index (χ3v) is 5.47. The van der Waals surface area contributed by atoms with Crippen molar-refractivity contribution in [2.75, 3.05) is 17.3 Å². The zero-order valence-corrected chi connectivity index (χ0v) is 19.9. The highest BCUT2D eigenvalue weighted by atomic mass is 16.5. The molecule has 0 radical (unpaired) electrons. The highest BCUT2D eigenvalue weighted by Gasteiger charge is 2.28. The fourth-order valence-corrected chi connectivity index (χ4v) is 3.75. The molecule has 35 heavy (non-hydrogen) atoms. The molecule has 11 heteroatoms. The Morgan fingerprint density at radius 3 is 2.63 bits per heavy atom. The molecule has 0 saturated carbocycles. The first-order valence-corrected chi connectivity index (χ1v) is 11.1. The van der Waals surface area contributed by atoms with Gasteiger partial charge < -0.3 is 19.6 Å². The van der Waals surface area contributed by atoms with Crippen molar-refractivity contribution >= 4 is 46.2 Å². The van der Waals surface area contributed by atoms with Crippen molar-refractivity contribution in [2.24, 2.45) is 5.10 Å². The maximum atomic E-state index is 12.7. The summed E-state index contributed by atoms with van der Waals surface area (Å²) in [7, 11) is 0. The second kappa shape index (κ2) is 9.53. The van der Waals surface area contributed by atoms with Crippen LogP contribution in [0.4, 0.5) is 11.5 Å². The number of aromatic nitrogens is 2. The van der Waals surface area contributed by atoms with Gasteiger partial charge in [0.1, 0.15) is 22.9 Å². The number of carbonyl (C=O) groups excluding carboxylic acids is 3. The Labute approximate surface area is 200 Å². The molecule has 0 unspecified atom stereocenters. The molecule has 0 fully saturated rings. The number of carbonyl (C=O) groups is 3. The van der Waals surface area contributed by atoms with Gasteiger partial charge in [-0.15, -0.1) is 0 Å². The molecule has 0 atom stereocenters. The predicted octanol–water partition coefficient (Wildman–Crippen LogP) is 3.13. The minimum atomic E-state index is -0.696. The number of nitrogens with zero attached hydrogens (tertiary/aromatic N) is 4. The normalized spacial score (nSPS) is 13.7. The molecule has 3 aromatic rings. The summed E-state index contributed by atoms with van der Waals surface area (Å²) in [6.45, 7) is 6.95. The molecule has 2 N–H and O–H groups in total. The van der Waals surface area contributed by atoms with Gasteiger partial charge in [-0.25, -0.2) is 14.6 Å². The molecule has 11 nitrogen and oxygen atoms in total. The van der Waals surface area contributed by atoms with Crippen LogP contribution in [0.3, 0.4) is 0 Å². The number of amides is 1. The summed E-state index contributed by atoms with van der Waals surface area (Å²) in [6.07, 6.45) is 0.278. The number of ether oxygens (including phenoxy) is 2. The molecule has 1 amide bonds. The number of hydrazone groups is 1. The molecule has 0 aliphatic carbocycles. The van der Waals surface area contributed by atoms with E-state index < -0.39 is 11.9 Å². The number of esters is 2. The van der Waals surface area contributed by atoms with Crippen molar-refractivity contribution < 1.29 is 28.3 Å². The lowest BCUT2D eigenvalue weighted by atomic mass is 10.1. The number of anilines is 2. The highest BCUT2D eigenvalue weighted by Crippen LogP contribution is 2.29. The van der Waals surface area contributed by atoms with E-state index >= 15 is 0 Å². The second-order valence-electron chi connectivity index (χ2n) is 8.08. The van der Waals surface area contributed by atoms with E-state index in [0.29, 0.717) is 11.4 Å². The molecule has 3 heterocycles. The standard InChI is InChI=1S/C24H25N5O6/c1-5-33-24(32)19-14(4)35-22-20(19)21(25)26-17(27-22)11-34-23(31)15-8-9-18(30)29(28-15)16-10-12(2)6-7-13(16)3/h6-7,10H,5,8-9,11H2,1-4H3,(H2,25,26,27). The SMILES string of the molecule is CCOC(=O)c1c(C)oc2nc(COC(=O)C3=NN(c4cc(C)ccc4C)C(=O)CC3)nc(N)c12. The maximum absolute atomic E-state index is 12.7. The minimum Gasteiger partial charge on any atom is -0.462 e. The average Bonchev–Trinajstić information content (AvgIpc) is 3.16. The second-order valence-corrected chi connectivity index (χ2v) is 8.08. The number of rotatable bonds is 6. The number of hydrogen-bond donors (Lipinski definition) is 1. The van der Waals surface area contributed by atoms with Crippen molar-refractivity contribution in [3.8, 4) is 0 Å². The summed E-state index contributed by atoms with van der Waals surface area (Å²) < 4.78 is 16.0. The van der Waals surface area contributed by atoms with Gasteiger partial charge in [-0.05, 0) is 44.9 Å². The van der Waals surface area contributed by atoms with Crippen LogP contribution in [-0.2, 0) is 25.7 Å². The summed E-state index contributed by atoms with van der Waals surface area (Å²) in [5, 5.41) is 5.74. The summed E-state index contributed by atoms with van der Waals surface area (Å²) in [4.78, 5) is 45.8. The van der Waals surface area contributed by atoms with Crippen LogP contribution >= 0.6 is 0 Å². The Morgan fingerprint density at radius 1 is 1.11 bits per heavy atom. The van der Waals surface area contributed by atoms with E-state index in [1.807, 2.05) is 32.0 Å². The van der Waals surface area contributed by atoms with Crippen LogP contribution in [0.2, 0.25) is 0 Å². The Morgan fingerprint density at radius 2 is 1.89 bits per heavy atom. The Kier molecular flexibility index (Phi) is 6.50. The number of aryl methyl sites for hydroxylation is 3. The zero-order chi connectivity index (χ0) is 25.3. The molecular weight excluding hydrogens is 454 g/mol. The minimum absolute atomic E-state index is 0.00246. The van der Waals surface area contributed by atoms with Crippen LogP contribution in [0.5, 0.6) is 0 Å². The smallest absolute Gasteiger partial charge is 0.354 e. The van der Waals surface area contributed by atoms with Gasteiger partial charge in [-0.2, -0.15) is 15.1 Å². The summed E-state index contributed by atoms with van der Waals surface area (Å²) >= 11 is 0. The topological polar surface area (TPSA) is 150 Å². The quantitative estimate of drug-likeness (QED) is 0.526. The number of hydrogen-bond acceptors (Lipinski definition) is 10. The van der Waals surface area contributed by atoms with Crippen LogP contribution < -0.4 is 10.7 Å². The first-order chi connectivity index (χ1) is 16.7. The molecule has 2 aromatic heterocycles. The van der Waals surface area contributed by atoms with Crippen LogP contribution in [0.25, 0.3) is 11.1 Å². The Hall–Kier alpha value is -4.28. The first kappa shape index (κ1) is 23.9. The van der Waals surface area contributed by atoms with E-state index in [1.54, 1.807) is 13.8 Å². The van der Waals surface area contributed by atoms with Gasteiger partial charge in [-0.3, -0.25) is 4.79 Å². The lowest BCUT2D eigenvalue weighted by Gasteiger charge is -2.24. The largest absolute Gasteiger partial charge is 0.462 e. The van der Waals surface area contributed by atoms with E-state index in [2.05, 4.69) is 15.1 Å². The van der Waals surface area contributed by atoms with Gasteiger partial charge in [0.05, 0.1) is 17.7 Å². The Balaban J connectivity index is 1.54. The summed E-state index contributed by atoms with van der Waals surface area (Å²) in [5.74, 6) is -1.10. The van der Waals surface area contributed by atoms with Crippen molar-refractivity contribution in [1.29, 1.82) is 0 Å². The first-order valence-electron chi connectivity index (χ1n) is 11.1. The number of benzene rings is 1. The van der Waals surface area contributed by atoms with E-state index in [-0.39, 0.29) is 66.0 Å². The monoisotopic (exact) mass is 479 g/mol. The fourth-order valence-electron chi connectivity index (χ4n) is 3.75. The highest BCUT2D eigenvalue weighted by molar-refractivity contribution is 6.38. The van der Waals surface area contributed by atoms with E-state index in [0.717, 1.165) is 11.1 Å². The molecule has 4 rings (SSSR count). The molecule has 0 spiro atoms. The molecule has 1 aliphatic rings. The van der Waals surface area contributed by atoms with Gasteiger partial charge in [-0.1, -0.05) is 12.1 Å². The molecule has 1 aliphatic heterocycles. The number of furan rings is 1. The van der Waals surface area contributed by atoms with Gasteiger partial charge in [0, 0.05) is 12.8 Å². The number of fused-ring (bicyclic) bond motifs is 1. The van der Waals surface area contributed by atoms with Crippen molar-refractivity contribution in [2.45, 2.75) is 47.1 Å². The fraction of sp³-hybridized carbons (Fsp3) is 0.333. The third-order valence-electron chi connectivity index (χ3n) is 5.47. The van der Waals surface area contributed by atoms with Gasteiger partial charge >= 0.3 is 11.9 Å². The van der Waals surface area contributed by atoms with Crippen molar-refractivity contribution in [3.05, 3.63) is 46.5 Å². The lowest BCUT2D eigenvalue weighted by molar-refractivity contribution is -0.137. The van der Waals surface area contributed by atoms with Gasteiger partial charge in [0.15, 0.2) is 12.4 Å². The number of nitrogen functional groups attached to an aromatic ring is 1. The average molecular weight is 479 g/mol. The lowest BCUT2D eigenvalue weighted by Crippen LogP contribution is -2.35. The van der Waals surface area contributed by atoms with Crippen LogP contribution in [-0.4, -0.2) is 40.1 Å². The summed E-state index contributed by atoms with van der Waals surface area (Å²) in [6, 6.07) is 5.67. The van der Waals surface area contributed by atoms with Gasteiger partial charge in [0.25, 0.3) is 0 Å². The van der Waals surface area contributed by atoms with Crippen LogP contribution in [0, 0.1) is 20.8 Å².